The fraction of sp³-hybridized carbons (Fsp3) is 0.467. The first kappa shape index (κ1) is 13.2. The number of carbonyl (C=O) groups is 2. The Morgan fingerprint density at radius 3 is 3.10 bits per heavy atom. The van der Waals surface area contributed by atoms with Gasteiger partial charge in [0.15, 0.2) is 0 Å². The van der Waals surface area contributed by atoms with Crippen LogP contribution in [0.5, 0.6) is 0 Å². The summed E-state index contributed by atoms with van der Waals surface area (Å²) in [6, 6.07) is 7.93. The Morgan fingerprint density at radius 2 is 2.29 bits per heavy atom. The summed E-state index contributed by atoms with van der Waals surface area (Å²) in [6.07, 6.45) is 0.682. The Bertz CT molecular complexity index is 635. The normalized spacial score (nSPS) is 33.9. The standard InChI is InChI=1S/C15H16N2O3S/c1-20-13(18)11-6-9-7-21-8-17(9)15(11)10-4-2-3-5-12(10)16-14(15)19/h2-5,9,11H,6-8H2,1H3,(H,16,19)/t9?,11-,15+/m0/s1. The molecule has 2 saturated heterocycles. The number of para-hydroxylation sites is 1. The lowest BCUT2D eigenvalue weighted by atomic mass is 9.79. The van der Waals surface area contributed by atoms with Crippen LogP contribution in [-0.4, -0.2) is 41.6 Å². The zero-order chi connectivity index (χ0) is 14.6. The van der Waals surface area contributed by atoms with Gasteiger partial charge in [0, 0.05) is 28.9 Å². The highest BCUT2D eigenvalue weighted by molar-refractivity contribution is 7.99. The third kappa shape index (κ3) is 1.52. The van der Waals surface area contributed by atoms with Gasteiger partial charge in [0.1, 0.15) is 5.54 Å². The summed E-state index contributed by atoms with van der Waals surface area (Å²) in [6.45, 7) is 0. The second-order valence-electron chi connectivity index (χ2n) is 5.70. The molecule has 1 amide bonds. The number of benzene rings is 1. The minimum absolute atomic E-state index is 0.0934. The topological polar surface area (TPSA) is 58.6 Å². The highest BCUT2D eigenvalue weighted by Gasteiger charge is 2.66. The molecule has 1 unspecified atom stereocenters. The Balaban J connectivity index is 1.93. The van der Waals surface area contributed by atoms with Gasteiger partial charge < -0.3 is 10.1 Å². The van der Waals surface area contributed by atoms with Gasteiger partial charge in [-0.2, -0.15) is 0 Å². The zero-order valence-electron chi connectivity index (χ0n) is 11.7. The van der Waals surface area contributed by atoms with Crippen LogP contribution in [0.4, 0.5) is 5.69 Å². The molecule has 0 radical (unpaired) electrons. The Kier molecular flexibility index (Phi) is 2.81. The molecular weight excluding hydrogens is 288 g/mol. The number of rotatable bonds is 1. The monoisotopic (exact) mass is 304 g/mol. The van der Waals surface area contributed by atoms with Crippen molar-refractivity contribution in [3.63, 3.8) is 0 Å². The van der Waals surface area contributed by atoms with Crippen molar-refractivity contribution in [2.24, 2.45) is 5.92 Å². The molecule has 0 aromatic heterocycles. The second-order valence-corrected chi connectivity index (χ2v) is 6.70. The summed E-state index contributed by atoms with van der Waals surface area (Å²) >= 11 is 1.82. The van der Waals surface area contributed by atoms with Gasteiger partial charge in [-0.25, -0.2) is 0 Å². The van der Waals surface area contributed by atoms with Crippen molar-refractivity contribution in [2.75, 3.05) is 24.1 Å². The van der Waals surface area contributed by atoms with Gasteiger partial charge in [0.05, 0.1) is 13.0 Å². The molecule has 0 saturated carbocycles. The minimum Gasteiger partial charge on any atom is -0.469 e. The lowest BCUT2D eigenvalue weighted by Gasteiger charge is -2.35. The van der Waals surface area contributed by atoms with Crippen LogP contribution in [0.2, 0.25) is 0 Å². The molecule has 3 heterocycles. The van der Waals surface area contributed by atoms with Crippen LogP contribution in [0.1, 0.15) is 12.0 Å². The van der Waals surface area contributed by atoms with Gasteiger partial charge in [0.25, 0.3) is 5.91 Å². The van der Waals surface area contributed by atoms with Gasteiger partial charge in [-0.1, -0.05) is 18.2 Å². The van der Waals surface area contributed by atoms with Gasteiger partial charge >= 0.3 is 5.97 Å². The molecule has 110 valence electrons. The summed E-state index contributed by atoms with van der Waals surface area (Å²) in [5, 5.41) is 2.95. The van der Waals surface area contributed by atoms with Crippen molar-refractivity contribution in [3.8, 4) is 0 Å². The second kappa shape index (κ2) is 4.48. The highest BCUT2D eigenvalue weighted by atomic mass is 32.2. The predicted molar refractivity (Wildman–Crippen MR) is 79.8 cm³/mol. The van der Waals surface area contributed by atoms with E-state index in [1.807, 2.05) is 36.0 Å². The van der Waals surface area contributed by atoms with E-state index in [1.54, 1.807) is 0 Å². The van der Waals surface area contributed by atoms with Crippen LogP contribution in [-0.2, 0) is 19.9 Å². The summed E-state index contributed by atoms with van der Waals surface area (Å²) in [5.74, 6) is 0.923. The molecule has 5 nitrogen and oxygen atoms in total. The first-order chi connectivity index (χ1) is 10.2. The number of hydrogen-bond acceptors (Lipinski definition) is 5. The fourth-order valence-corrected chi connectivity index (χ4v) is 5.32. The molecule has 3 aliphatic heterocycles. The van der Waals surface area contributed by atoms with E-state index in [0.717, 1.165) is 22.9 Å². The fourth-order valence-electron chi connectivity index (χ4n) is 4.01. The van der Waals surface area contributed by atoms with E-state index in [0.29, 0.717) is 6.42 Å². The number of carbonyl (C=O) groups excluding carboxylic acids is 2. The van der Waals surface area contributed by atoms with Crippen molar-refractivity contribution < 1.29 is 14.3 Å². The lowest BCUT2D eigenvalue weighted by Crippen LogP contribution is -2.52. The molecular formula is C15H16N2O3S. The van der Waals surface area contributed by atoms with Gasteiger partial charge in [-0.05, 0) is 12.5 Å². The predicted octanol–water partition coefficient (Wildman–Crippen LogP) is 1.40. The van der Waals surface area contributed by atoms with Crippen LogP contribution < -0.4 is 5.32 Å². The van der Waals surface area contributed by atoms with E-state index in [9.17, 15) is 9.59 Å². The van der Waals surface area contributed by atoms with Crippen molar-refractivity contribution in [3.05, 3.63) is 29.8 Å². The van der Waals surface area contributed by atoms with Crippen LogP contribution in [0.3, 0.4) is 0 Å². The van der Waals surface area contributed by atoms with Gasteiger partial charge in [0.2, 0.25) is 0 Å². The van der Waals surface area contributed by atoms with E-state index in [-0.39, 0.29) is 17.9 Å². The summed E-state index contributed by atoms with van der Waals surface area (Å²) in [4.78, 5) is 27.4. The number of amides is 1. The molecule has 2 fully saturated rings. The first-order valence-electron chi connectivity index (χ1n) is 7.03. The Labute approximate surface area is 127 Å². The van der Waals surface area contributed by atoms with E-state index in [1.165, 1.54) is 7.11 Å². The summed E-state index contributed by atoms with van der Waals surface area (Å²) < 4.78 is 5.00. The number of ether oxygens (including phenoxy) is 1. The van der Waals surface area contributed by atoms with Crippen LogP contribution >= 0.6 is 11.8 Å². The van der Waals surface area contributed by atoms with Crippen molar-refractivity contribution in [1.82, 2.24) is 4.90 Å². The molecule has 3 aliphatic rings. The molecule has 1 spiro atoms. The summed E-state index contributed by atoms with van der Waals surface area (Å²) in [7, 11) is 1.40. The molecule has 0 bridgehead atoms. The molecule has 1 N–H and O–H groups in total. The summed E-state index contributed by atoms with van der Waals surface area (Å²) in [5.41, 5.74) is 0.835. The molecule has 0 aliphatic carbocycles. The number of fused-ring (bicyclic) bond motifs is 4. The molecule has 21 heavy (non-hydrogen) atoms. The quantitative estimate of drug-likeness (QED) is 0.795. The van der Waals surface area contributed by atoms with Crippen LogP contribution in [0.25, 0.3) is 0 Å². The van der Waals surface area contributed by atoms with Gasteiger partial charge in [-0.15, -0.1) is 11.8 Å². The molecule has 6 heteroatoms. The van der Waals surface area contributed by atoms with E-state index in [4.69, 9.17) is 4.74 Å². The number of nitrogens with zero attached hydrogens (tertiary/aromatic N) is 1. The average Bonchev–Trinajstić information content (AvgIpc) is 3.13. The number of anilines is 1. The van der Waals surface area contributed by atoms with Crippen molar-refractivity contribution in [1.29, 1.82) is 0 Å². The van der Waals surface area contributed by atoms with Crippen molar-refractivity contribution in [2.45, 2.75) is 18.0 Å². The smallest absolute Gasteiger partial charge is 0.311 e. The van der Waals surface area contributed by atoms with Crippen LogP contribution in [0, 0.1) is 5.92 Å². The Hall–Kier alpha value is -1.53. The minimum atomic E-state index is -0.891. The Morgan fingerprint density at radius 1 is 1.48 bits per heavy atom. The number of hydrogen-bond donors (Lipinski definition) is 1. The zero-order valence-corrected chi connectivity index (χ0v) is 12.5. The third-order valence-electron chi connectivity index (χ3n) is 4.86. The van der Waals surface area contributed by atoms with Crippen molar-refractivity contribution >= 4 is 29.3 Å². The maximum atomic E-state index is 12.9. The van der Waals surface area contributed by atoms with Crippen LogP contribution in [0.15, 0.2) is 24.3 Å². The maximum Gasteiger partial charge on any atom is 0.311 e. The molecule has 4 rings (SSSR count). The van der Waals surface area contributed by atoms with Gasteiger partial charge in [-0.3, -0.25) is 14.5 Å². The van der Waals surface area contributed by atoms with E-state index in [2.05, 4.69) is 10.2 Å². The van der Waals surface area contributed by atoms with E-state index < -0.39 is 11.5 Å². The average molecular weight is 304 g/mol. The lowest BCUT2D eigenvalue weighted by molar-refractivity contribution is -0.152. The first-order valence-corrected chi connectivity index (χ1v) is 8.18. The number of esters is 1. The number of thioether (sulfide) groups is 1. The molecule has 1 aromatic carbocycles. The highest BCUT2D eigenvalue weighted by Crippen LogP contribution is 2.55. The maximum absolute atomic E-state index is 12.9. The number of nitrogens with one attached hydrogen (secondary N) is 1. The molecule has 3 atom stereocenters. The third-order valence-corrected chi connectivity index (χ3v) is 5.95. The number of methoxy groups -OCH3 is 1. The SMILES string of the molecule is COC(=O)[C@@H]1CC2CSCN2[C@@]12C(=O)Nc1ccccc12. The van der Waals surface area contributed by atoms with E-state index >= 15 is 0 Å². The molecule has 1 aromatic rings. The largest absolute Gasteiger partial charge is 0.469 e.